The molecular formula is C118H94FN3O3S2. The van der Waals surface area contributed by atoms with Gasteiger partial charge in [0.05, 0.1) is 43.9 Å². The average molecular weight is 1690 g/mol. The van der Waals surface area contributed by atoms with Crippen molar-refractivity contribution in [1.29, 1.82) is 0 Å². The van der Waals surface area contributed by atoms with E-state index in [1.54, 1.807) is 30.3 Å². The fraction of sp³-hybridized carbons (Fsp3) is 0.136. The minimum Gasteiger partial charge on any atom is -0.456 e. The van der Waals surface area contributed by atoms with Crippen LogP contribution < -0.4 is 14.7 Å². The molecule has 2 aromatic heterocycles. The minimum atomic E-state index is -3.51. The van der Waals surface area contributed by atoms with E-state index in [0.29, 0.717) is 9.79 Å². The molecule has 25 rings (SSSR count). The van der Waals surface area contributed by atoms with E-state index in [9.17, 15) is 12.8 Å². The highest BCUT2D eigenvalue weighted by Crippen LogP contribution is 2.60. The molecule has 618 valence electrons. The Morgan fingerprint density at radius 1 is 0.252 bits per heavy atom. The largest absolute Gasteiger partial charge is 0.456 e. The van der Waals surface area contributed by atoms with Crippen molar-refractivity contribution < 1.29 is 17.2 Å². The summed E-state index contributed by atoms with van der Waals surface area (Å²) < 4.78 is 50.1. The first-order chi connectivity index (χ1) is 60.9. The Balaban J connectivity index is 0.000000113. The monoisotopic (exact) mass is 1680 g/mol. The minimum absolute atomic E-state index is 0. The number of fused-ring (bicyclic) bond motifs is 21. The van der Waals surface area contributed by atoms with Gasteiger partial charge >= 0.3 is 0 Å². The van der Waals surface area contributed by atoms with Gasteiger partial charge in [-0.25, -0.2) is 12.8 Å². The molecule has 0 bridgehead atoms. The zero-order valence-electron chi connectivity index (χ0n) is 71.9. The fourth-order valence-electron chi connectivity index (χ4n) is 21.7. The van der Waals surface area contributed by atoms with Gasteiger partial charge in [0.15, 0.2) is 0 Å². The Labute approximate surface area is 746 Å². The van der Waals surface area contributed by atoms with E-state index in [2.05, 4.69) is 375 Å². The van der Waals surface area contributed by atoms with Crippen molar-refractivity contribution in [2.24, 2.45) is 0 Å². The molecule has 6 nitrogen and oxygen atoms in total. The molecular weight excluding hydrogens is 1590 g/mol. The van der Waals surface area contributed by atoms with Gasteiger partial charge in [0.2, 0.25) is 9.84 Å². The Hall–Kier alpha value is -14.0. The third-order valence-electron chi connectivity index (χ3n) is 28.4. The molecule has 2 aliphatic carbocycles. The van der Waals surface area contributed by atoms with Crippen molar-refractivity contribution in [2.45, 2.75) is 114 Å². The average Bonchev–Trinajstić information content (AvgIpc) is 0.779. The van der Waals surface area contributed by atoms with Gasteiger partial charge in [-0.2, -0.15) is 0 Å². The fourth-order valence-corrected chi connectivity index (χ4v) is 24.5. The maximum atomic E-state index is 14.9. The number of hydrogen-bond donors (Lipinski definition) is 0. The first-order valence-electron chi connectivity index (χ1n) is 43.6. The van der Waals surface area contributed by atoms with Gasteiger partial charge in [-0.15, -0.1) is 11.3 Å². The zero-order valence-corrected chi connectivity index (χ0v) is 73.5. The van der Waals surface area contributed by atoms with E-state index < -0.39 is 15.3 Å². The number of sulfone groups is 1. The lowest BCUT2D eigenvalue weighted by atomic mass is 9.72. The van der Waals surface area contributed by atoms with Crippen molar-refractivity contribution in [2.75, 3.05) is 14.7 Å². The molecule has 0 radical (unpaired) electrons. The van der Waals surface area contributed by atoms with E-state index in [1.807, 2.05) is 53.8 Å². The Kier molecular flexibility index (Phi) is 17.9. The summed E-state index contributed by atoms with van der Waals surface area (Å²) in [6, 6.07) is 129. The topological polar surface area (TPSA) is 57.0 Å². The van der Waals surface area contributed by atoms with E-state index in [-0.39, 0.29) is 34.9 Å². The molecule has 0 fully saturated rings. The van der Waals surface area contributed by atoms with Gasteiger partial charge in [0, 0.05) is 86.2 Å². The summed E-state index contributed by atoms with van der Waals surface area (Å²) in [5.41, 5.74) is 37.7. The lowest BCUT2D eigenvalue weighted by Crippen LogP contribution is -2.31. The summed E-state index contributed by atoms with van der Waals surface area (Å²) in [5, 5.41) is 4.91. The molecule has 0 unspecified atom stereocenters. The van der Waals surface area contributed by atoms with Crippen molar-refractivity contribution in [1.82, 2.24) is 0 Å². The third kappa shape index (κ3) is 12.0. The molecule has 127 heavy (non-hydrogen) atoms. The molecule has 6 heterocycles. The summed E-state index contributed by atoms with van der Waals surface area (Å²) in [4.78, 5) is 7.93. The van der Waals surface area contributed by atoms with Gasteiger partial charge in [-0.05, 0) is 269 Å². The van der Waals surface area contributed by atoms with Crippen LogP contribution in [0, 0.1) is 5.82 Å². The van der Waals surface area contributed by atoms with Gasteiger partial charge in [0.25, 0.3) is 0 Å². The van der Waals surface area contributed by atoms with Crippen LogP contribution >= 0.6 is 11.3 Å². The van der Waals surface area contributed by atoms with Crippen LogP contribution in [0.25, 0.3) is 109 Å². The SMILES string of the molecule is C.CC1(C)c2ccccc2-c2ccc(N3c4ccc(F)cc4C(C)(C)c4cc(-c5ccc6sc7ccccc7c6c5)ccc43)cc21.CC1(C)c2ccccc2-c2ccc(N3c4ccccc4C(C)(C)c4cc(-c5ccc6c(c5)-c5ccccc5S6(=O)=O)ccc43)cc21.CC1(C)c2ccccc2N(c2ccccc2)c2ccc(-c3ccc4oc5ccccc5c4c3)cc21. The van der Waals surface area contributed by atoms with Crippen LogP contribution in [0.1, 0.15) is 132 Å². The van der Waals surface area contributed by atoms with Crippen LogP contribution in [0.15, 0.2) is 378 Å². The normalized spacial score (nSPS) is 15.5. The summed E-state index contributed by atoms with van der Waals surface area (Å²) in [7, 11) is -3.51. The Morgan fingerprint density at radius 2 is 0.622 bits per heavy atom. The van der Waals surface area contributed by atoms with E-state index >= 15 is 0 Å². The predicted molar refractivity (Wildman–Crippen MR) is 529 cm³/mol. The van der Waals surface area contributed by atoms with Crippen LogP contribution in [0.2, 0.25) is 0 Å². The number of para-hydroxylation sites is 4. The summed E-state index contributed by atoms with van der Waals surface area (Å²) in [6.45, 7) is 23.0. The predicted octanol–water partition coefficient (Wildman–Crippen LogP) is 32.9. The first kappa shape index (κ1) is 79.0. The van der Waals surface area contributed by atoms with Gasteiger partial charge < -0.3 is 19.1 Å². The van der Waals surface area contributed by atoms with E-state index in [4.69, 9.17) is 4.42 Å². The van der Waals surface area contributed by atoms with Crippen LogP contribution in [0.5, 0.6) is 0 Å². The number of furan rings is 1. The highest BCUT2D eigenvalue weighted by Gasteiger charge is 2.44. The molecule has 19 aromatic rings. The molecule has 0 atom stereocenters. The van der Waals surface area contributed by atoms with Crippen LogP contribution in [0.3, 0.4) is 0 Å². The van der Waals surface area contributed by atoms with Gasteiger partial charge in [-0.1, -0.05) is 283 Å². The number of anilines is 9. The molecule has 0 saturated carbocycles. The number of thiophene rings is 1. The molecule has 9 heteroatoms. The quantitative estimate of drug-likeness (QED) is 0.165. The van der Waals surface area contributed by atoms with Crippen molar-refractivity contribution in [3.63, 3.8) is 0 Å². The summed E-state index contributed by atoms with van der Waals surface area (Å²) >= 11 is 1.84. The standard InChI is InChI=1S/C42H32FNS.C42H33NO2S.C33H25NO.CH4/c1-41(2)33-11-7-5-9-29(33)30-17-16-28(24-34(30)41)44-37-18-13-26(22-35(37)42(3,4)36-23-27(43)15-19-38(36)44)25-14-20-40-32(21-25)31-10-6-8-12-39(31)45-40;1-41(2)33-13-7-5-11-29(33)30-20-19-28(25-35(30)41)43-37-15-9-8-14-34(37)42(3,4)36-24-27(17-21-38(36)43)26-18-22-40-32(23-26)31-12-6-10-16-39(31)46(40,44)45;1-33(2)27-13-7-8-14-29(27)34(24-10-4-3-5-11-24)30-18-16-23(21-28(30)33)22-17-19-32-26(20-22)25-12-6-9-15-31(25)35-32;/h5-24H,1-4H3;5-25H,1-4H3;3-21H,1-2H3;1H4. The second-order valence-corrected chi connectivity index (χ2v) is 40.2. The second kappa shape index (κ2) is 28.8. The lowest BCUT2D eigenvalue weighted by Gasteiger charge is -2.42. The third-order valence-corrected chi connectivity index (χ3v) is 31.4. The highest BCUT2D eigenvalue weighted by atomic mass is 32.2. The Bertz CT molecular complexity index is 7960. The maximum absolute atomic E-state index is 14.9. The van der Waals surface area contributed by atoms with Crippen LogP contribution in [-0.4, -0.2) is 8.42 Å². The van der Waals surface area contributed by atoms with E-state index in [1.165, 1.54) is 138 Å². The number of benzene rings is 17. The Morgan fingerprint density at radius 3 is 1.20 bits per heavy atom. The smallest absolute Gasteiger partial charge is 0.207 e. The summed E-state index contributed by atoms with van der Waals surface area (Å²) in [6.07, 6.45) is 0. The number of halogens is 1. The van der Waals surface area contributed by atoms with Crippen LogP contribution in [0.4, 0.5) is 55.6 Å². The van der Waals surface area contributed by atoms with Crippen LogP contribution in [-0.2, 0) is 36.9 Å². The maximum Gasteiger partial charge on any atom is 0.207 e. The molecule has 0 saturated heterocycles. The second-order valence-electron chi connectivity index (χ2n) is 37.2. The van der Waals surface area contributed by atoms with Crippen molar-refractivity contribution >= 4 is 114 Å². The molecule has 4 aliphatic heterocycles. The van der Waals surface area contributed by atoms with Gasteiger partial charge in [0.1, 0.15) is 17.0 Å². The van der Waals surface area contributed by atoms with E-state index in [0.717, 1.165) is 78.2 Å². The molecule has 0 amide bonds. The molecule has 0 N–H and O–H groups in total. The highest BCUT2D eigenvalue weighted by molar-refractivity contribution is 7.92. The molecule has 6 aliphatic rings. The number of nitrogens with zero attached hydrogens (tertiary/aromatic N) is 3. The lowest BCUT2D eigenvalue weighted by molar-refractivity contribution is 0.596. The molecule has 0 spiro atoms. The molecule has 17 aromatic carbocycles. The van der Waals surface area contributed by atoms with Crippen molar-refractivity contribution in [3.05, 3.63) is 425 Å². The van der Waals surface area contributed by atoms with Gasteiger partial charge in [-0.3, -0.25) is 0 Å². The first-order valence-corrected chi connectivity index (χ1v) is 45.9. The number of hydrogen-bond acceptors (Lipinski definition) is 7. The number of rotatable bonds is 6. The van der Waals surface area contributed by atoms with Crippen molar-refractivity contribution in [3.8, 4) is 66.8 Å². The zero-order chi connectivity index (χ0) is 85.8. The summed E-state index contributed by atoms with van der Waals surface area (Å²) in [5.74, 6) is -0.207.